The summed E-state index contributed by atoms with van der Waals surface area (Å²) in [5, 5.41) is 15.4. The molecule has 7 nitrogen and oxygen atoms in total. The Kier molecular flexibility index (Phi) is 9.38. The first-order valence-corrected chi connectivity index (χ1v) is 12.7. The van der Waals surface area contributed by atoms with E-state index in [0.717, 1.165) is 43.3 Å². The third kappa shape index (κ3) is 7.36. The van der Waals surface area contributed by atoms with Crippen molar-refractivity contribution in [1.82, 2.24) is 15.5 Å². The number of nitrogens with one attached hydrogen (secondary N) is 2. The van der Waals surface area contributed by atoms with Crippen molar-refractivity contribution >= 4 is 39.8 Å². The van der Waals surface area contributed by atoms with Gasteiger partial charge < -0.3 is 20.1 Å². The standard InChI is InChI=1S/C24H30N4O3S2/c1-5-30-19-11-10-18(14-20(19)31-6-2)12-13-25-21(29)15-32-24-28-27-23(33-24)26-22-16(3)8-7-9-17(22)4/h7-11,14H,5-6,12-13,15H2,1-4H3,(H,25,29)(H,26,27). The van der Waals surface area contributed by atoms with Gasteiger partial charge in [0.15, 0.2) is 15.8 Å². The molecule has 2 N–H and O–H groups in total. The van der Waals surface area contributed by atoms with E-state index in [1.165, 1.54) is 23.1 Å². The summed E-state index contributed by atoms with van der Waals surface area (Å²) < 4.78 is 12.0. The number of carbonyl (C=O) groups is 1. The first kappa shape index (κ1) is 24.9. The van der Waals surface area contributed by atoms with E-state index in [0.29, 0.717) is 31.9 Å². The molecule has 176 valence electrons. The third-order valence-corrected chi connectivity index (χ3v) is 6.76. The minimum Gasteiger partial charge on any atom is -0.490 e. The topological polar surface area (TPSA) is 85.4 Å². The molecule has 1 heterocycles. The fourth-order valence-corrected chi connectivity index (χ4v) is 4.80. The van der Waals surface area contributed by atoms with E-state index in [2.05, 4.69) is 46.8 Å². The van der Waals surface area contributed by atoms with Gasteiger partial charge in [-0.2, -0.15) is 0 Å². The van der Waals surface area contributed by atoms with Crippen molar-refractivity contribution < 1.29 is 14.3 Å². The zero-order chi connectivity index (χ0) is 23.6. The smallest absolute Gasteiger partial charge is 0.230 e. The predicted molar refractivity (Wildman–Crippen MR) is 135 cm³/mol. The number of carbonyl (C=O) groups excluding carboxylic acids is 1. The van der Waals surface area contributed by atoms with Crippen molar-refractivity contribution in [2.45, 2.75) is 38.5 Å². The van der Waals surface area contributed by atoms with Gasteiger partial charge in [0.25, 0.3) is 0 Å². The summed E-state index contributed by atoms with van der Waals surface area (Å²) in [5.74, 6) is 1.74. The molecule has 3 aromatic rings. The van der Waals surface area contributed by atoms with Gasteiger partial charge in [0.1, 0.15) is 0 Å². The van der Waals surface area contributed by atoms with Gasteiger partial charge in [0.2, 0.25) is 11.0 Å². The number of amides is 1. The van der Waals surface area contributed by atoms with Gasteiger partial charge in [0.05, 0.1) is 19.0 Å². The van der Waals surface area contributed by atoms with Crippen LogP contribution in [0.5, 0.6) is 11.5 Å². The molecular weight excluding hydrogens is 456 g/mol. The number of aryl methyl sites for hydroxylation is 2. The van der Waals surface area contributed by atoms with E-state index in [9.17, 15) is 4.79 Å². The van der Waals surface area contributed by atoms with Gasteiger partial charge in [-0.3, -0.25) is 4.79 Å². The maximum absolute atomic E-state index is 12.3. The highest BCUT2D eigenvalue weighted by Gasteiger charge is 2.11. The average molecular weight is 487 g/mol. The lowest BCUT2D eigenvalue weighted by molar-refractivity contribution is -0.118. The van der Waals surface area contributed by atoms with Crippen LogP contribution in [0.1, 0.15) is 30.5 Å². The zero-order valence-electron chi connectivity index (χ0n) is 19.4. The van der Waals surface area contributed by atoms with E-state index in [-0.39, 0.29) is 5.91 Å². The molecule has 0 atom stereocenters. The second-order valence-electron chi connectivity index (χ2n) is 7.30. The van der Waals surface area contributed by atoms with Gasteiger partial charge in [-0.15, -0.1) is 10.2 Å². The number of thioether (sulfide) groups is 1. The van der Waals surface area contributed by atoms with Crippen LogP contribution in [0.25, 0.3) is 0 Å². The molecule has 0 saturated heterocycles. The van der Waals surface area contributed by atoms with Crippen LogP contribution in [0.15, 0.2) is 40.7 Å². The van der Waals surface area contributed by atoms with Crippen molar-refractivity contribution in [3.8, 4) is 11.5 Å². The normalized spacial score (nSPS) is 10.7. The van der Waals surface area contributed by atoms with Crippen LogP contribution in [-0.2, 0) is 11.2 Å². The number of hydrogen-bond acceptors (Lipinski definition) is 8. The Morgan fingerprint density at radius 1 is 1.03 bits per heavy atom. The van der Waals surface area contributed by atoms with E-state index in [4.69, 9.17) is 9.47 Å². The van der Waals surface area contributed by atoms with Crippen LogP contribution in [0.2, 0.25) is 0 Å². The summed E-state index contributed by atoms with van der Waals surface area (Å²) in [4.78, 5) is 12.3. The Hall–Kier alpha value is -2.78. The first-order chi connectivity index (χ1) is 16.0. The summed E-state index contributed by atoms with van der Waals surface area (Å²) in [6.07, 6.45) is 0.714. The fraction of sp³-hybridized carbons (Fsp3) is 0.375. The fourth-order valence-electron chi connectivity index (χ4n) is 3.21. The molecule has 3 rings (SSSR count). The van der Waals surface area contributed by atoms with Gasteiger partial charge in [-0.05, 0) is 62.9 Å². The second kappa shape index (κ2) is 12.5. The molecule has 0 bridgehead atoms. The molecule has 9 heteroatoms. The average Bonchev–Trinajstić information content (AvgIpc) is 3.24. The van der Waals surface area contributed by atoms with Gasteiger partial charge in [0, 0.05) is 12.2 Å². The Bertz CT molecular complexity index is 1050. The molecule has 1 amide bonds. The third-order valence-electron chi connectivity index (χ3n) is 4.79. The van der Waals surface area contributed by atoms with Gasteiger partial charge in [-0.1, -0.05) is 47.4 Å². The van der Waals surface area contributed by atoms with E-state index >= 15 is 0 Å². The lowest BCUT2D eigenvalue weighted by Crippen LogP contribution is -2.27. The molecule has 2 aromatic carbocycles. The SMILES string of the molecule is CCOc1ccc(CCNC(=O)CSc2nnc(Nc3c(C)cccc3C)s2)cc1OCC. The van der Waals surface area contributed by atoms with Crippen molar-refractivity contribution in [2.75, 3.05) is 30.8 Å². The molecule has 0 unspecified atom stereocenters. The molecule has 0 aliphatic rings. The largest absolute Gasteiger partial charge is 0.490 e. The van der Waals surface area contributed by atoms with Crippen molar-refractivity contribution in [1.29, 1.82) is 0 Å². The predicted octanol–water partition coefficient (Wildman–Crippen LogP) is 5.15. The highest BCUT2D eigenvalue weighted by atomic mass is 32.2. The van der Waals surface area contributed by atoms with Gasteiger partial charge in [-0.25, -0.2) is 0 Å². The number of benzene rings is 2. The Labute approximate surface area is 203 Å². The van der Waals surface area contributed by atoms with Crippen LogP contribution in [0, 0.1) is 13.8 Å². The number of para-hydroxylation sites is 1. The molecule has 0 spiro atoms. The number of nitrogens with zero attached hydrogens (tertiary/aromatic N) is 2. The highest BCUT2D eigenvalue weighted by molar-refractivity contribution is 8.01. The summed E-state index contributed by atoms with van der Waals surface area (Å²) >= 11 is 2.83. The Morgan fingerprint density at radius 2 is 1.76 bits per heavy atom. The molecule has 0 radical (unpaired) electrons. The molecule has 0 aliphatic heterocycles. The van der Waals surface area contributed by atoms with E-state index in [1.807, 2.05) is 38.1 Å². The monoisotopic (exact) mass is 486 g/mol. The van der Waals surface area contributed by atoms with E-state index in [1.54, 1.807) is 0 Å². The van der Waals surface area contributed by atoms with Crippen LogP contribution in [0.4, 0.5) is 10.8 Å². The molecule has 33 heavy (non-hydrogen) atoms. The van der Waals surface area contributed by atoms with Crippen LogP contribution in [-0.4, -0.2) is 41.6 Å². The Morgan fingerprint density at radius 3 is 2.48 bits per heavy atom. The minimum atomic E-state index is -0.0320. The number of hydrogen-bond donors (Lipinski definition) is 2. The molecule has 0 fully saturated rings. The maximum atomic E-state index is 12.3. The lowest BCUT2D eigenvalue weighted by atomic mass is 10.1. The molecule has 0 saturated carbocycles. The maximum Gasteiger partial charge on any atom is 0.230 e. The highest BCUT2D eigenvalue weighted by Crippen LogP contribution is 2.30. The van der Waals surface area contributed by atoms with Crippen LogP contribution < -0.4 is 20.1 Å². The molecule has 1 aromatic heterocycles. The number of anilines is 2. The van der Waals surface area contributed by atoms with Crippen molar-refractivity contribution in [3.63, 3.8) is 0 Å². The zero-order valence-corrected chi connectivity index (χ0v) is 21.1. The van der Waals surface area contributed by atoms with Crippen molar-refractivity contribution in [3.05, 3.63) is 53.1 Å². The molecule has 0 aliphatic carbocycles. The van der Waals surface area contributed by atoms with E-state index < -0.39 is 0 Å². The molecular formula is C24H30N4O3S2. The van der Waals surface area contributed by atoms with Crippen molar-refractivity contribution in [2.24, 2.45) is 0 Å². The number of ether oxygens (including phenoxy) is 2. The van der Waals surface area contributed by atoms with Crippen LogP contribution >= 0.6 is 23.1 Å². The quantitative estimate of drug-likeness (QED) is 0.343. The van der Waals surface area contributed by atoms with Crippen LogP contribution in [0.3, 0.4) is 0 Å². The second-order valence-corrected chi connectivity index (χ2v) is 9.50. The summed E-state index contributed by atoms with van der Waals surface area (Å²) in [7, 11) is 0. The number of aromatic nitrogens is 2. The summed E-state index contributed by atoms with van der Waals surface area (Å²) in [5.41, 5.74) is 4.44. The number of rotatable bonds is 12. The lowest BCUT2D eigenvalue weighted by Gasteiger charge is -2.12. The summed E-state index contributed by atoms with van der Waals surface area (Å²) in [6, 6.07) is 12.0. The van der Waals surface area contributed by atoms with Gasteiger partial charge >= 0.3 is 0 Å². The first-order valence-electron chi connectivity index (χ1n) is 10.9. The minimum absolute atomic E-state index is 0.0320. The Balaban J connectivity index is 1.44. The summed E-state index contributed by atoms with van der Waals surface area (Å²) in [6.45, 7) is 9.72.